The highest BCUT2D eigenvalue weighted by atomic mass is 32.1. The fourth-order valence-corrected chi connectivity index (χ4v) is 4.53. The molecule has 3 rings (SSSR count). The van der Waals surface area contributed by atoms with Crippen LogP contribution in [0.3, 0.4) is 0 Å². The van der Waals surface area contributed by atoms with E-state index in [1.165, 1.54) is 11.3 Å². The Morgan fingerprint density at radius 3 is 2.48 bits per heavy atom. The van der Waals surface area contributed by atoms with Crippen LogP contribution in [0.15, 0.2) is 41.8 Å². The summed E-state index contributed by atoms with van der Waals surface area (Å²) in [5.74, 6) is -0.383. The van der Waals surface area contributed by atoms with Gasteiger partial charge in [-0.3, -0.25) is 14.4 Å². The molecule has 0 bridgehead atoms. The topological polar surface area (TPSA) is 78.5 Å². The van der Waals surface area contributed by atoms with Crippen molar-refractivity contribution in [2.45, 2.75) is 52.1 Å². The van der Waals surface area contributed by atoms with Gasteiger partial charge >= 0.3 is 0 Å². The zero-order valence-electron chi connectivity index (χ0n) is 18.4. The van der Waals surface area contributed by atoms with Crippen molar-refractivity contribution >= 4 is 29.1 Å². The number of nitrogens with zero attached hydrogens (tertiary/aromatic N) is 1. The van der Waals surface area contributed by atoms with Crippen molar-refractivity contribution in [1.82, 2.24) is 15.5 Å². The lowest BCUT2D eigenvalue weighted by molar-refractivity contribution is -0.125. The fourth-order valence-electron chi connectivity index (χ4n) is 3.84. The van der Waals surface area contributed by atoms with E-state index >= 15 is 0 Å². The number of aryl methyl sites for hydroxylation is 1. The zero-order valence-corrected chi connectivity index (χ0v) is 19.2. The zero-order chi connectivity index (χ0) is 22.4. The number of benzene rings is 1. The Hall–Kier alpha value is -2.67. The molecule has 2 N–H and O–H groups in total. The molecule has 1 aliphatic heterocycles. The fraction of sp³-hybridized carbons (Fsp3) is 0.458. The van der Waals surface area contributed by atoms with Gasteiger partial charge in [-0.1, -0.05) is 30.7 Å². The predicted molar refractivity (Wildman–Crippen MR) is 123 cm³/mol. The van der Waals surface area contributed by atoms with Crippen molar-refractivity contribution in [2.24, 2.45) is 5.92 Å². The normalized spacial score (nSPS) is 16.4. The summed E-state index contributed by atoms with van der Waals surface area (Å²) in [6, 6.07) is 10.5. The maximum absolute atomic E-state index is 13.0. The third-order valence-corrected chi connectivity index (χ3v) is 6.74. The van der Waals surface area contributed by atoms with Crippen LogP contribution in [0.1, 0.15) is 58.7 Å². The second-order valence-electron chi connectivity index (χ2n) is 8.25. The number of nitrogens with one attached hydrogen (secondary N) is 2. The molecule has 0 aliphatic carbocycles. The van der Waals surface area contributed by atoms with Crippen molar-refractivity contribution in [2.75, 3.05) is 13.1 Å². The van der Waals surface area contributed by atoms with Crippen LogP contribution in [0.25, 0.3) is 0 Å². The molecule has 1 fully saturated rings. The standard InChI is InChI=1S/C24H31N3O3S/c1-4-17(3)25-23(29)21(26-22(28)19-8-5-7-16(2)15-19)18-10-12-27(13-11-18)24(30)20-9-6-14-31-20/h5-9,14-15,17-18,21H,4,10-13H2,1-3H3,(H,25,29)(H,26,28)/t17-,21-/m1/s1. The van der Waals surface area contributed by atoms with E-state index in [0.717, 1.165) is 16.9 Å². The van der Waals surface area contributed by atoms with Gasteiger partial charge in [0.1, 0.15) is 6.04 Å². The molecule has 1 aliphatic rings. The number of rotatable bonds is 7. The Balaban J connectivity index is 1.70. The van der Waals surface area contributed by atoms with Crippen molar-refractivity contribution < 1.29 is 14.4 Å². The minimum Gasteiger partial charge on any atom is -0.352 e. The average Bonchev–Trinajstić information content (AvgIpc) is 3.31. The van der Waals surface area contributed by atoms with Gasteiger partial charge in [-0.15, -0.1) is 11.3 Å². The molecule has 6 nitrogen and oxygen atoms in total. The lowest BCUT2D eigenvalue weighted by Gasteiger charge is -2.36. The third kappa shape index (κ3) is 5.94. The first-order chi connectivity index (χ1) is 14.9. The molecule has 0 spiro atoms. The largest absolute Gasteiger partial charge is 0.352 e. The van der Waals surface area contributed by atoms with E-state index in [4.69, 9.17) is 0 Å². The number of carbonyl (C=O) groups excluding carboxylic acids is 3. The molecular formula is C24H31N3O3S. The van der Waals surface area contributed by atoms with Gasteiger partial charge in [0.25, 0.3) is 11.8 Å². The lowest BCUT2D eigenvalue weighted by atomic mass is 9.88. The van der Waals surface area contributed by atoms with E-state index < -0.39 is 6.04 Å². The van der Waals surface area contributed by atoms with Crippen LogP contribution in [0.2, 0.25) is 0 Å². The summed E-state index contributed by atoms with van der Waals surface area (Å²) >= 11 is 1.44. The number of thiophene rings is 1. The molecule has 1 saturated heterocycles. The Morgan fingerprint density at radius 1 is 1.13 bits per heavy atom. The molecule has 2 heterocycles. The van der Waals surface area contributed by atoms with Gasteiger partial charge in [0.2, 0.25) is 5.91 Å². The van der Waals surface area contributed by atoms with E-state index in [2.05, 4.69) is 10.6 Å². The van der Waals surface area contributed by atoms with Crippen LogP contribution in [0, 0.1) is 12.8 Å². The monoisotopic (exact) mass is 441 g/mol. The number of hydrogen-bond donors (Lipinski definition) is 2. The number of piperidine rings is 1. The van der Waals surface area contributed by atoms with E-state index in [0.29, 0.717) is 31.5 Å². The van der Waals surface area contributed by atoms with E-state index in [9.17, 15) is 14.4 Å². The quantitative estimate of drug-likeness (QED) is 0.689. The summed E-state index contributed by atoms with van der Waals surface area (Å²) in [6.07, 6.45) is 2.16. The van der Waals surface area contributed by atoms with Gasteiger partial charge in [-0.25, -0.2) is 0 Å². The van der Waals surface area contributed by atoms with Gasteiger partial charge in [-0.05, 0) is 62.6 Å². The van der Waals surface area contributed by atoms with E-state index in [1.807, 2.05) is 61.4 Å². The van der Waals surface area contributed by atoms with Gasteiger partial charge in [0, 0.05) is 24.7 Å². The smallest absolute Gasteiger partial charge is 0.263 e. The highest BCUT2D eigenvalue weighted by molar-refractivity contribution is 7.12. The number of amides is 3. The van der Waals surface area contributed by atoms with E-state index in [-0.39, 0.29) is 29.7 Å². The second-order valence-corrected chi connectivity index (χ2v) is 9.19. The molecule has 7 heteroatoms. The van der Waals surface area contributed by atoms with Crippen LogP contribution < -0.4 is 10.6 Å². The molecule has 0 saturated carbocycles. The Morgan fingerprint density at radius 2 is 1.87 bits per heavy atom. The predicted octanol–water partition coefficient (Wildman–Crippen LogP) is 3.62. The second kappa shape index (κ2) is 10.6. The summed E-state index contributed by atoms with van der Waals surface area (Å²) in [6.45, 7) is 7.06. The summed E-state index contributed by atoms with van der Waals surface area (Å²) in [5, 5.41) is 7.90. The summed E-state index contributed by atoms with van der Waals surface area (Å²) in [5.41, 5.74) is 1.54. The maximum Gasteiger partial charge on any atom is 0.263 e. The molecule has 1 aromatic heterocycles. The van der Waals surface area contributed by atoms with Crippen LogP contribution in [-0.2, 0) is 4.79 Å². The first-order valence-electron chi connectivity index (χ1n) is 10.9. The SMILES string of the molecule is CC[C@@H](C)NC(=O)[C@H](NC(=O)c1cccc(C)c1)C1CCN(C(=O)c2cccs2)CC1. The maximum atomic E-state index is 13.0. The minimum absolute atomic E-state index is 0.0230. The average molecular weight is 442 g/mol. The summed E-state index contributed by atoms with van der Waals surface area (Å²) in [4.78, 5) is 41.1. The summed E-state index contributed by atoms with van der Waals surface area (Å²) < 4.78 is 0. The lowest BCUT2D eigenvalue weighted by Crippen LogP contribution is -2.55. The van der Waals surface area contributed by atoms with Crippen LogP contribution >= 0.6 is 11.3 Å². The molecule has 2 atom stereocenters. The molecule has 31 heavy (non-hydrogen) atoms. The minimum atomic E-state index is -0.624. The molecule has 3 amide bonds. The third-order valence-electron chi connectivity index (χ3n) is 5.88. The van der Waals surface area contributed by atoms with Crippen molar-refractivity contribution in [3.05, 3.63) is 57.8 Å². The van der Waals surface area contributed by atoms with Gasteiger partial charge in [0.05, 0.1) is 4.88 Å². The van der Waals surface area contributed by atoms with Crippen molar-refractivity contribution in [1.29, 1.82) is 0 Å². The first-order valence-corrected chi connectivity index (χ1v) is 11.8. The molecule has 0 radical (unpaired) electrons. The van der Waals surface area contributed by atoms with Gasteiger partial charge in [0.15, 0.2) is 0 Å². The number of hydrogen-bond acceptors (Lipinski definition) is 4. The number of carbonyl (C=O) groups is 3. The van der Waals surface area contributed by atoms with Crippen LogP contribution in [0.5, 0.6) is 0 Å². The van der Waals surface area contributed by atoms with E-state index in [1.54, 1.807) is 6.07 Å². The highest BCUT2D eigenvalue weighted by Crippen LogP contribution is 2.24. The van der Waals surface area contributed by atoms with Crippen LogP contribution in [-0.4, -0.2) is 47.8 Å². The number of likely N-dealkylation sites (tertiary alicyclic amines) is 1. The molecule has 1 aromatic carbocycles. The molecule has 2 aromatic rings. The van der Waals surface area contributed by atoms with Gasteiger partial charge in [-0.2, -0.15) is 0 Å². The molecule has 0 unspecified atom stereocenters. The Kier molecular flexibility index (Phi) is 7.85. The molecule has 166 valence electrons. The van der Waals surface area contributed by atoms with Crippen molar-refractivity contribution in [3.63, 3.8) is 0 Å². The summed E-state index contributed by atoms with van der Waals surface area (Å²) in [7, 11) is 0. The van der Waals surface area contributed by atoms with Crippen LogP contribution in [0.4, 0.5) is 0 Å². The molecular weight excluding hydrogens is 410 g/mol. The first kappa shape index (κ1) is 23.0. The highest BCUT2D eigenvalue weighted by Gasteiger charge is 2.34. The Labute approximate surface area is 188 Å². The van der Waals surface area contributed by atoms with Crippen molar-refractivity contribution in [3.8, 4) is 0 Å². The Bertz CT molecular complexity index is 905. The van der Waals surface area contributed by atoms with Gasteiger partial charge < -0.3 is 15.5 Å².